The fraction of sp³-hybridized carbons (Fsp3) is 0.407. The normalized spacial score (nSPS) is 14.3. The maximum Gasteiger partial charge on any atom is 0.272 e. The molecule has 2 aromatic rings. The molecule has 0 bridgehead atoms. The molecular formula is C27H34N2O5. The van der Waals surface area contributed by atoms with E-state index in [2.05, 4.69) is 10.6 Å². The highest BCUT2D eigenvalue weighted by molar-refractivity contribution is 6.08. The van der Waals surface area contributed by atoms with Crippen molar-refractivity contribution < 1.29 is 23.8 Å². The quantitative estimate of drug-likeness (QED) is 0.472. The molecule has 1 fully saturated rings. The molecule has 1 aliphatic rings. The second-order valence-corrected chi connectivity index (χ2v) is 8.47. The first-order valence-corrected chi connectivity index (χ1v) is 11.7. The number of rotatable bonds is 10. The Kier molecular flexibility index (Phi) is 9.38. The third-order valence-corrected chi connectivity index (χ3v) is 5.91. The average molecular weight is 467 g/mol. The minimum Gasteiger partial charge on any atom is -0.494 e. The predicted octanol–water partition coefficient (Wildman–Crippen LogP) is 5.17. The van der Waals surface area contributed by atoms with E-state index in [1.165, 1.54) is 46.1 Å². The maximum atomic E-state index is 12.9. The predicted molar refractivity (Wildman–Crippen MR) is 133 cm³/mol. The summed E-state index contributed by atoms with van der Waals surface area (Å²) in [6.07, 6.45) is 9.31. The Morgan fingerprint density at radius 3 is 2.32 bits per heavy atom. The third-order valence-electron chi connectivity index (χ3n) is 5.91. The van der Waals surface area contributed by atoms with Crippen LogP contribution in [0.2, 0.25) is 0 Å². The van der Waals surface area contributed by atoms with Gasteiger partial charge in [0.25, 0.3) is 5.91 Å². The monoisotopic (exact) mass is 466 g/mol. The molecule has 2 aromatic carbocycles. The number of nitrogens with one attached hydrogen (secondary N) is 2. The number of amides is 2. The molecule has 0 aromatic heterocycles. The van der Waals surface area contributed by atoms with E-state index in [9.17, 15) is 9.59 Å². The van der Waals surface area contributed by atoms with Gasteiger partial charge in [-0.3, -0.25) is 9.59 Å². The smallest absolute Gasteiger partial charge is 0.272 e. The molecule has 34 heavy (non-hydrogen) atoms. The van der Waals surface area contributed by atoms with E-state index in [0.29, 0.717) is 29.4 Å². The van der Waals surface area contributed by atoms with Crippen molar-refractivity contribution in [3.8, 4) is 17.2 Å². The summed E-state index contributed by atoms with van der Waals surface area (Å²) in [6, 6.07) is 12.5. The fourth-order valence-electron chi connectivity index (χ4n) is 4.11. The Hall–Kier alpha value is -3.48. The Bertz CT molecular complexity index is 995. The number of carbonyl (C=O) groups excluding carboxylic acids is 2. The van der Waals surface area contributed by atoms with Crippen LogP contribution in [0.3, 0.4) is 0 Å². The highest BCUT2D eigenvalue weighted by atomic mass is 16.5. The average Bonchev–Trinajstić information content (AvgIpc) is 2.85. The van der Waals surface area contributed by atoms with Gasteiger partial charge in [-0.2, -0.15) is 0 Å². The highest BCUT2D eigenvalue weighted by Gasteiger charge is 2.14. The van der Waals surface area contributed by atoms with Crippen LogP contribution in [0.5, 0.6) is 17.2 Å². The Balaban J connectivity index is 1.62. The first-order valence-electron chi connectivity index (χ1n) is 11.7. The van der Waals surface area contributed by atoms with Crippen LogP contribution in [0, 0.1) is 5.92 Å². The molecule has 0 aliphatic heterocycles. The van der Waals surface area contributed by atoms with Crippen molar-refractivity contribution >= 4 is 23.6 Å². The van der Waals surface area contributed by atoms with Gasteiger partial charge in [0.2, 0.25) is 5.91 Å². The van der Waals surface area contributed by atoms with Crippen LogP contribution in [-0.4, -0.2) is 32.6 Å². The molecule has 7 nitrogen and oxygen atoms in total. The number of hydrogen-bond acceptors (Lipinski definition) is 5. The van der Waals surface area contributed by atoms with Crippen molar-refractivity contribution in [1.82, 2.24) is 5.32 Å². The van der Waals surface area contributed by atoms with Gasteiger partial charge in [-0.15, -0.1) is 0 Å². The molecule has 1 aliphatic carbocycles. The number of ether oxygens (including phenoxy) is 3. The number of carbonyl (C=O) groups is 2. The van der Waals surface area contributed by atoms with E-state index in [1.807, 2.05) is 12.1 Å². The molecule has 0 saturated heterocycles. The first kappa shape index (κ1) is 25.1. The lowest BCUT2D eigenvalue weighted by Gasteiger charge is -2.21. The molecule has 182 valence electrons. The van der Waals surface area contributed by atoms with E-state index >= 15 is 0 Å². The SMILES string of the molecule is COc1ccc(/C=C(/NC(C)=O)C(=O)Nc2ccc(OCCC3CCCCC3)cc2)cc1OC. The number of benzene rings is 2. The minimum atomic E-state index is -0.434. The van der Waals surface area contributed by atoms with Crippen LogP contribution in [-0.2, 0) is 9.59 Å². The van der Waals surface area contributed by atoms with E-state index in [4.69, 9.17) is 14.2 Å². The summed E-state index contributed by atoms with van der Waals surface area (Å²) in [5, 5.41) is 5.42. The van der Waals surface area contributed by atoms with E-state index in [0.717, 1.165) is 18.1 Å². The van der Waals surface area contributed by atoms with Gasteiger partial charge in [-0.1, -0.05) is 38.2 Å². The van der Waals surface area contributed by atoms with Crippen molar-refractivity contribution in [1.29, 1.82) is 0 Å². The van der Waals surface area contributed by atoms with Crippen LogP contribution in [0.1, 0.15) is 51.0 Å². The standard InChI is InChI=1S/C27H34N2O5/c1-19(30)28-24(17-21-9-14-25(32-2)26(18-21)33-3)27(31)29-22-10-12-23(13-11-22)34-16-15-20-7-5-4-6-8-20/h9-14,17-18,20H,4-8,15-16H2,1-3H3,(H,28,30)(H,29,31)/b24-17+. The van der Waals surface area contributed by atoms with Gasteiger partial charge in [0.1, 0.15) is 11.4 Å². The molecule has 0 atom stereocenters. The van der Waals surface area contributed by atoms with Crippen molar-refractivity contribution in [2.75, 3.05) is 26.1 Å². The van der Waals surface area contributed by atoms with E-state index in [1.54, 1.807) is 43.5 Å². The van der Waals surface area contributed by atoms with Gasteiger partial charge in [-0.05, 0) is 60.4 Å². The Labute approximate surface area is 201 Å². The minimum absolute atomic E-state index is 0.118. The van der Waals surface area contributed by atoms with Crippen molar-refractivity contribution in [2.45, 2.75) is 45.4 Å². The second-order valence-electron chi connectivity index (χ2n) is 8.47. The molecular weight excluding hydrogens is 432 g/mol. The largest absolute Gasteiger partial charge is 0.494 e. The number of anilines is 1. The zero-order valence-electron chi connectivity index (χ0n) is 20.2. The first-order chi connectivity index (χ1) is 16.5. The summed E-state index contributed by atoms with van der Waals surface area (Å²) < 4.78 is 16.4. The molecule has 0 unspecified atom stereocenters. The van der Waals surface area contributed by atoms with Gasteiger partial charge >= 0.3 is 0 Å². The lowest BCUT2D eigenvalue weighted by Crippen LogP contribution is -2.28. The van der Waals surface area contributed by atoms with Crippen molar-refractivity contribution in [2.24, 2.45) is 5.92 Å². The van der Waals surface area contributed by atoms with Gasteiger partial charge < -0.3 is 24.8 Å². The number of hydrogen-bond donors (Lipinski definition) is 2. The molecule has 7 heteroatoms. The third kappa shape index (κ3) is 7.54. The van der Waals surface area contributed by atoms with Crippen LogP contribution in [0.4, 0.5) is 5.69 Å². The summed E-state index contributed by atoms with van der Waals surface area (Å²) in [5.74, 6) is 1.87. The van der Waals surface area contributed by atoms with Crippen molar-refractivity contribution in [3.05, 3.63) is 53.7 Å². The van der Waals surface area contributed by atoms with Gasteiger partial charge in [-0.25, -0.2) is 0 Å². The fourth-order valence-corrected chi connectivity index (χ4v) is 4.11. The molecule has 0 heterocycles. The topological polar surface area (TPSA) is 85.9 Å². The summed E-state index contributed by atoms with van der Waals surface area (Å²) in [4.78, 5) is 24.6. The second kappa shape index (κ2) is 12.7. The highest BCUT2D eigenvalue weighted by Crippen LogP contribution is 2.29. The zero-order valence-corrected chi connectivity index (χ0v) is 20.2. The van der Waals surface area contributed by atoms with Crippen LogP contribution >= 0.6 is 0 Å². The Morgan fingerprint density at radius 1 is 0.971 bits per heavy atom. The van der Waals surface area contributed by atoms with E-state index in [-0.39, 0.29) is 11.6 Å². The summed E-state index contributed by atoms with van der Waals surface area (Å²) in [5.41, 5.74) is 1.40. The van der Waals surface area contributed by atoms with Crippen molar-refractivity contribution in [3.63, 3.8) is 0 Å². The van der Waals surface area contributed by atoms with Crippen LogP contribution in [0.25, 0.3) is 6.08 Å². The lowest BCUT2D eigenvalue weighted by atomic mass is 9.87. The van der Waals surface area contributed by atoms with Crippen LogP contribution < -0.4 is 24.8 Å². The molecule has 0 radical (unpaired) electrons. The zero-order chi connectivity index (χ0) is 24.3. The Morgan fingerprint density at radius 2 is 1.68 bits per heavy atom. The molecule has 3 rings (SSSR count). The van der Waals surface area contributed by atoms with Gasteiger partial charge in [0, 0.05) is 12.6 Å². The summed E-state index contributed by atoms with van der Waals surface area (Å²) >= 11 is 0. The maximum absolute atomic E-state index is 12.9. The molecule has 2 N–H and O–H groups in total. The van der Waals surface area contributed by atoms with Gasteiger partial charge in [0.05, 0.1) is 20.8 Å². The molecule has 1 saturated carbocycles. The lowest BCUT2D eigenvalue weighted by molar-refractivity contribution is -0.120. The van der Waals surface area contributed by atoms with Gasteiger partial charge in [0.15, 0.2) is 11.5 Å². The summed E-state index contributed by atoms with van der Waals surface area (Å²) in [7, 11) is 3.09. The molecule has 0 spiro atoms. The van der Waals surface area contributed by atoms with Crippen LogP contribution in [0.15, 0.2) is 48.2 Å². The molecule has 2 amide bonds. The number of methoxy groups -OCH3 is 2. The van der Waals surface area contributed by atoms with E-state index < -0.39 is 5.91 Å². The summed E-state index contributed by atoms with van der Waals surface area (Å²) in [6.45, 7) is 2.06.